The van der Waals surface area contributed by atoms with Gasteiger partial charge in [-0.25, -0.2) is 14.4 Å². The molecule has 13 heavy (non-hydrogen) atoms. The highest BCUT2D eigenvalue weighted by atomic mass is 16.8. The average Bonchev–Trinajstić information content (AvgIpc) is 1.81. The molecule has 0 aliphatic rings. The summed E-state index contributed by atoms with van der Waals surface area (Å²) in [4.78, 5) is 30.9. The van der Waals surface area contributed by atoms with Crippen LogP contribution in [0.4, 0.5) is 4.79 Å². The highest BCUT2D eigenvalue weighted by Gasteiger charge is 2.23. The van der Waals surface area contributed by atoms with Crippen LogP contribution in [0.1, 0.15) is 20.8 Å². The van der Waals surface area contributed by atoms with E-state index in [1.165, 1.54) is 0 Å². The summed E-state index contributed by atoms with van der Waals surface area (Å²) >= 11 is 0. The van der Waals surface area contributed by atoms with Gasteiger partial charge in [-0.2, -0.15) is 0 Å². The molecule has 0 saturated heterocycles. The Labute approximate surface area is 74.4 Å². The second-order valence-corrected chi connectivity index (χ2v) is 3.16. The largest absolute Gasteiger partial charge is 0.517 e. The molecule has 0 aromatic heterocycles. The van der Waals surface area contributed by atoms with Crippen LogP contribution in [0.3, 0.4) is 0 Å². The summed E-state index contributed by atoms with van der Waals surface area (Å²) in [7, 11) is 0. The van der Waals surface area contributed by atoms with Gasteiger partial charge < -0.3 is 14.6 Å². The minimum atomic E-state index is -1.84. The Morgan fingerprint density at radius 2 is 1.62 bits per heavy atom. The van der Waals surface area contributed by atoms with E-state index < -0.39 is 23.7 Å². The SMILES string of the molecule is CC(C)(C)OC(=O)OC(=O)C(=O)O. The summed E-state index contributed by atoms with van der Waals surface area (Å²) < 4.78 is 8.30. The Bertz CT molecular complexity index is 236. The molecule has 0 aromatic carbocycles. The molecule has 0 unspecified atom stereocenters. The van der Waals surface area contributed by atoms with Gasteiger partial charge in [0.25, 0.3) is 0 Å². The number of carboxylic acid groups (broad SMARTS) is 1. The van der Waals surface area contributed by atoms with Gasteiger partial charge in [-0.15, -0.1) is 0 Å². The molecule has 0 rings (SSSR count). The van der Waals surface area contributed by atoms with Crippen molar-refractivity contribution in [2.45, 2.75) is 26.4 Å². The van der Waals surface area contributed by atoms with Gasteiger partial charge in [0.05, 0.1) is 0 Å². The smallest absolute Gasteiger partial charge is 0.473 e. The first kappa shape index (κ1) is 11.4. The van der Waals surface area contributed by atoms with Crippen LogP contribution in [-0.2, 0) is 19.1 Å². The van der Waals surface area contributed by atoms with Crippen molar-refractivity contribution >= 4 is 18.1 Å². The van der Waals surface area contributed by atoms with E-state index in [-0.39, 0.29) is 0 Å². The molecule has 0 amide bonds. The van der Waals surface area contributed by atoms with Crippen molar-refractivity contribution in [3.05, 3.63) is 0 Å². The number of esters is 1. The highest BCUT2D eigenvalue weighted by Crippen LogP contribution is 2.07. The van der Waals surface area contributed by atoms with E-state index in [1.54, 1.807) is 20.8 Å². The lowest BCUT2D eigenvalue weighted by molar-refractivity contribution is -0.162. The fourth-order valence-corrected chi connectivity index (χ4v) is 0.390. The third-order valence-corrected chi connectivity index (χ3v) is 0.740. The molecule has 0 spiro atoms. The van der Waals surface area contributed by atoms with Gasteiger partial charge in [0.1, 0.15) is 5.60 Å². The Morgan fingerprint density at radius 3 is 1.92 bits per heavy atom. The maximum atomic E-state index is 10.6. The Kier molecular flexibility index (Phi) is 3.41. The summed E-state index contributed by atoms with van der Waals surface area (Å²) in [6.45, 7) is 4.67. The van der Waals surface area contributed by atoms with Gasteiger partial charge in [0.15, 0.2) is 0 Å². The number of carbonyl (C=O) groups is 3. The van der Waals surface area contributed by atoms with E-state index in [2.05, 4.69) is 9.47 Å². The fraction of sp³-hybridized carbons (Fsp3) is 0.571. The third kappa shape index (κ3) is 5.66. The molecule has 0 aliphatic heterocycles. The summed E-state index contributed by atoms with van der Waals surface area (Å²) in [5.74, 6) is -3.50. The Hall–Kier alpha value is -1.59. The second-order valence-electron chi connectivity index (χ2n) is 3.16. The normalized spacial score (nSPS) is 10.4. The zero-order valence-electron chi connectivity index (χ0n) is 7.49. The van der Waals surface area contributed by atoms with E-state index >= 15 is 0 Å². The van der Waals surface area contributed by atoms with Crippen molar-refractivity contribution in [3.63, 3.8) is 0 Å². The number of rotatable bonds is 0. The van der Waals surface area contributed by atoms with Gasteiger partial charge in [-0.3, -0.25) is 0 Å². The zero-order chi connectivity index (χ0) is 10.6. The van der Waals surface area contributed by atoms with Crippen LogP contribution >= 0.6 is 0 Å². The first-order valence-corrected chi connectivity index (χ1v) is 3.40. The van der Waals surface area contributed by atoms with Crippen LogP contribution in [0.15, 0.2) is 0 Å². The summed E-state index contributed by atoms with van der Waals surface area (Å²) in [6, 6.07) is 0. The van der Waals surface area contributed by atoms with E-state index in [1.807, 2.05) is 0 Å². The number of hydrogen-bond acceptors (Lipinski definition) is 5. The van der Waals surface area contributed by atoms with E-state index in [0.717, 1.165) is 0 Å². The standard InChI is InChI=1S/C7H10O6/c1-7(2,3)13-6(11)12-5(10)4(8)9/h1-3H3,(H,8,9). The molecule has 6 heteroatoms. The molecule has 0 bridgehead atoms. The second kappa shape index (κ2) is 3.88. The molecular formula is C7H10O6. The number of carboxylic acids is 1. The van der Waals surface area contributed by atoms with Gasteiger partial charge in [0.2, 0.25) is 0 Å². The molecule has 0 aromatic rings. The van der Waals surface area contributed by atoms with E-state index in [0.29, 0.717) is 0 Å². The predicted molar refractivity (Wildman–Crippen MR) is 40.0 cm³/mol. The molecule has 74 valence electrons. The Morgan fingerprint density at radius 1 is 1.15 bits per heavy atom. The van der Waals surface area contributed by atoms with Gasteiger partial charge in [-0.1, -0.05) is 0 Å². The minimum Gasteiger partial charge on any atom is -0.473 e. The topological polar surface area (TPSA) is 89.9 Å². The molecule has 0 heterocycles. The van der Waals surface area contributed by atoms with Crippen LogP contribution in [0.5, 0.6) is 0 Å². The first-order chi connectivity index (χ1) is 5.72. The molecule has 0 saturated carbocycles. The summed E-state index contributed by atoms with van der Waals surface area (Å²) in [5, 5.41) is 8.05. The average molecular weight is 190 g/mol. The fourth-order valence-electron chi connectivity index (χ4n) is 0.390. The molecule has 0 radical (unpaired) electrons. The van der Waals surface area contributed by atoms with Gasteiger partial charge >= 0.3 is 18.1 Å². The molecular weight excluding hydrogens is 180 g/mol. The lowest BCUT2D eigenvalue weighted by atomic mass is 10.2. The number of hydrogen-bond donors (Lipinski definition) is 1. The maximum absolute atomic E-state index is 10.6. The molecule has 0 fully saturated rings. The van der Waals surface area contributed by atoms with Crippen LogP contribution in [0, 0.1) is 0 Å². The third-order valence-electron chi connectivity index (χ3n) is 0.740. The lowest BCUT2D eigenvalue weighted by Gasteiger charge is -2.17. The van der Waals surface area contributed by atoms with Crippen LogP contribution < -0.4 is 0 Å². The van der Waals surface area contributed by atoms with E-state index in [4.69, 9.17) is 5.11 Å². The van der Waals surface area contributed by atoms with E-state index in [9.17, 15) is 14.4 Å². The summed E-state index contributed by atoms with van der Waals surface area (Å²) in [6.07, 6.45) is -1.32. The van der Waals surface area contributed by atoms with Crippen molar-refractivity contribution in [2.24, 2.45) is 0 Å². The molecule has 1 N–H and O–H groups in total. The Balaban J connectivity index is 4.04. The molecule has 6 nitrogen and oxygen atoms in total. The highest BCUT2D eigenvalue weighted by molar-refractivity contribution is 6.30. The molecule has 0 aliphatic carbocycles. The number of carbonyl (C=O) groups excluding carboxylic acids is 2. The van der Waals surface area contributed by atoms with Gasteiger partial charge in [-0.05, 0) is 20.8 Å². The number of aliphatic carboxylic acids is 1. The number of ether oxygens (including phenoxy) is 2. The van der Waals surface area contributed by atoms with Crippen molar-refractivity contribution < 1.29 is 29.0 Å². The van der Waals surface area contributed by atoms with Crippen LogP contribution in [0.2, 0.25) is 0 Å². The van der Waals surface area contributed by atoms with Crippen LogP contribution in [0.25, 0.3) is 0 Å². The summed E-state index contributed by atoms with van der Waals surface area (Å²) in [5.41, 5.74) is -0.824. The van der Waals surface area contributed by atoms with Crippen molar-refractivity contribution in [2.75, 3.05) is 0 Å². The molecule has 0 atom stereocenters. The first-order valence-electron chi connectivity index (χ1n) is 3.40. The monoisotopic (exact) mass is 190 g/mol. The quantitative estimate of drug-likeness (QED) is 0.341. The minimum absolute atomic E-state index is 0.824. The predicted octanol–water partition coefficient (Wildman–Crippen LogP) is 0.549. The van der Waals surface area contributed by atoms with Crippen LogP contribution in [-0.4, -0.2) is 28.8 Å². The zero-order valence-corrected chi connectivity index (χ0v) is 7.49. The lowest BCUT2D eigenvalue weighted by Crippen LogP contribution is -2.28. The van der Waals surface area contributed by atoms with Gasteiger partial charge in [0, 0.05) is 0 Å². The van der Waals surface area contributed by atoms with Crippen molar-refractivity contribution in [1.29, 1.82) is 0 Å². The maximum Gasteiger partial charge on any atom is 0.517 e. The van der Waals surface area contributed by atoms with Crippen molar-refractivity contribution in [3.8, 4) is 0 Å². The van der Waals surface area contributed by atoms with Crippen molar-refractivity contribution in [1.82, 2.24) is 0 Å².